The fraction of sp³-hybridized carbons (Fsp3) is 0.714. The van der Waals surface area contributed by atoms with Gasteiger partial charge in [0.2, 0.25) is 5.76 Å². The Morgan fingerprint density at radius 3 is 2.89 bits per heavy atom. The zero-order valence-electron chi connectivity index (χ0n) is 11.8. The van der Waals surface area contributed by atoms with Crippen molar-refractivity contribution in [3.63, 3.8) is 0 Å². The van der Waals surface area contributed by atoms with Crippen LogP contribution in [-0.2, 0) is 0 Å². The summed E-state index contributed by atoms with van der Waals surface area (Å²) < 4.78 is 5.11. The van der Waals surface area contributed by atoms with E-state index in [1.54, 1.807) is 13.1 Å². The SMILES string of the molecule is CCC(C)c1cc(C(=O)N(C)CC(O)C2CC2)on1. The molecule has 0 aliphatic heterocycles. The largest absolute Gasteiger partial charge is 0.391 e. The number of aliphatic hydroxyl groups excluding tert-OH is 1. The van der Waals surface area contributed by atoms with Gasteiger partial charge < -0.3 is 14.5 Å². The van der Waals surface area contributed by atoms with Crippen molar-refractivity contribution in [2.24, 2.45) is 5.92 Å². The molecule has 0 radical (unpaired) electrons. The van der Waals surface area contributed by atoms with Gasteiger partial charge in [-0.15, -0.1) is 0 Å². The molecule has 1 fully saturated rings. The van der Waals surface area contributed by atoms with E-state index in [-0.39, 0.29) is 17.6 Å². The smallest absolute Gasteiger partial charge is 0.292 e. The van der Waals surface area contributed by atoms with Crippen molar-refractivity contribution in [1.29, 1.82) is 0 Å². The van der Waals surface area contributed by atoms with E-state index in [1.807, 2.05) is 6.92 Å². The molecule has 1 amide bonds. The molecule has 5 nitrogen and oxygen atoms in total. The van der Waals surface area contributed by atoms with E-state index in [0.29, 0.717) is 12.5 Å². The second-order valence-corrected chi connectivity index (χ2v) is 5.52. The van der Waals surface area contributed by atoms with Gasteiger partial charge >= 0.3 is 0 Å². The zero-order valence-corrected chi connectivity index (χ0v) is 11.8. The lowest BCUT2D eigenvalue weighted by atomic mass is 10.1. The van der Waals surface area contributed by atoms with Gasteiger partial charge in [-0.1, -0.05) is 19.0 Å². The highest BCUT2D eigenvalue weighted by Gasteiger charge is 2.31. The van der Waals surface area contributed by atoms with Crippen molar-refractivity contribution in [1.82, 2.24) is 10.1 Å². The van der Waals surface area contributed by atoms with Crippen LogP contribution in [0, 0.1) is 5.92 Å². The highest BCUT2D eigenvalue weighted by atomic mass is 16.5. The molecule has 0 spiro atoms. The van der Waals surface area contributed by atoms with Crippen LogP contribution in [0.15, 0.2) is 10.6 Å². The number of nitrogens with zero attached hydrogens (tertiary/aromatic N) is 2. The molecule has 0 saturated heterocycles. The molecule has 0 aromatic carbocycles. The van der Waals surface area contributed by atoms with Crippen LogP contribution in [-0.4, -0.2) is 40.8 Å². The number of rotatable bonds is 6. The van der Waals surface area contributed by atoms with Crippen LogP contribution in [0.3, 0.4) is 0 Å². The summed E-state index contributed by atoms with van der Waals surface area (Å²) in [4.78, 5) is 13.6. The lowest BCUT2D eigenvalue weighted by Crippen LogP contribution is -2.35. The summed E-state index contributed by atoms with van der Waals surface area (Å²) in [5.41, 5.74) is 0.807. The minimum Gasteiger partial charge on any atom is -0.391 e. The van der Waals surface area contributed by atoms with Crippen molar-refractivity contribution in [3.8, 4) is 0 Å². The summed E-state index contributed by atoms with van der Waals surface area (Å²) in [6.07, 6.45) is 2.65. The van der Waals surface area contributed by atoms with E-state index in [1.165, 1.54) is 4.90 Å². The van der Waals surface area contributed by atoms with Gasteiger partial charge in [0, 0.05) is 25.6 Å². The van der Waals surface area contributed by atoms with Gasteiger partial charge in [0.25, 0.3) is 5.91 Å². The first-order valence-electron chi connectivity index (χ1n) is 6.93. The van der Waals surface area contributed by atoms with Gasteiger partial charge in [-0.05, 0) is 25.2 Å². The summed E-state index contributed by atoms with van der Waals surface area (Å²) in [6, 6.07) is 1.70. The number of carbonyl (C=O) groups excluding carboxylic acids is 1. The molecule has 1 aromatic rings. The van der Waals surface area contributed by atoms with Gasteiger partial charge in [-0.3, -0.25) is 4.79 Å². The predicted molar refractivity (Wildman–Crippen MR) is 70.9 cm³/mol. The predicted octanol–water partition coefficient (Wildman–Crippen LogP) is 2.03. The summed E-state index contributed by atoms with van der Waals surface area (Å²) in [7, 11) is 1.68. The average Bonchev–Trinajstić information content (AvgIpc) is 3.14. The number of hydrogen-bond donors (Lipinski definition) is 1. The van der Waals surface area contributed by atoms with Gasteiger partial charge in [0.05, 0.1) is 11.8 Å². The van der Waals surface area contributed by atoms with Gasteiger partial charge in [-0.2, -0.15) is 0 Å². The van der Waals surface area contributed by atoms with E-state index in [2.05, 4.69) is 12.1 Å². The lowest BCUT2D eigenvalue weighted by Gasteiger charge is -2.19. The van der Waals surface area contributed by atoms with Crippen LogP contribution < -0.4 is 0 Å². The number of aliphatic hydroxyl groups is 1. The lowest BCUT2D eigenvalue weighted by molar-refractivity contribution is 0.0609. The maximum Gasteiger partial charge on any atom is 0.292 e. The second kappa shape index (κ2) is 5.74. The third kappa shape index (κ3) is 3.35. The van der Waals surface area contributed by atoms with Crippen molar-refractivity contribution >= 4 is 5.91 Å². The maximum absolute atomic E-state index is 12.1. The van der Waals surface area contributed by atoms with Crippen LogP contribution in [0.1, 0.15) is 55.3 Å². The first kappa shape index (κ1) is 14.1. The number of likely N-dealkylation sites (N-methyl/N-ethyl adjacent to an activating group) is 1. The van der Waals surface area contributed by atoms with E-state index in [9.17, 15) is 9.90 Å². The molecule has 5 heteroatoms. The molecule has 1 saturated carbocycles. The first-order valence-corrected chi connectivity index (χ1v) is 6.93. The summed E-state index contributed by atoms with van der Waals surface area (Å²) in [5.74, 6) is 0.677. The monoisotopic (exact) mass is 266 g/mol. The topological polar surface area (TPSA) is 66.6 Å². The normalized spacial score (nSPS) is 18.1. The fourth-order valence-corrected chi connectivity index (χ4v) is 2.01. The quantitative estimate of drug-likeness (QED) is 0.855. The maximum atomic E-state index is 12.1. The minimum atomic E-state index is -0.425. The number of amides is 1. The molecule has 2 atom stereocenters. The Hall–Kier alpha value is -1.36. The van der Waals surface area contributed by atoms with Crippen LogP contribution in [0.5, 0.6) is 0 Å². The Kier molecular flexibility index (Phi) is 4.24. The third-order valence-corrected chi connectivity index (χ3v) is 3.83. The molecule has 1 aliphatic rings. The summed E-state index contributed by atoms with van der Waals surface area (Å²) >= 11 is 0. The number of carbonyl (C=O) groups is 1. The third-order valence-electron chi connectivity index (χ3n) is 3.83. The van der Waals surface area contributed by atoms with Crippen molar-refractivity contribution in [2.45, 2.75) is 45.1 Å². The minimum absolute atomic E-state index is 0.221. The van der Waals surface area contributed by atoms with E-state index >= 15 is 0 Å². The molecular weight excluding hydrogens is 244 g/mol. The molecule has 2 unspecified atom stereocenters. The van der Waals surface area contributed by atoms with Crippen molar-refractivity contribution < 1.29 is 14.4 Å². The van der Waals surface area contributed by atoms with E-state index in [0.717, 1.165) is 25.0 Å². The molecule has 1 aliphatic carbocycles. The molecule has 19 heavy (non-hydrogen) atoms. The summed E-state index contributed by atoms with van der Waals surface area (Å²) in [5, 5.41) is 13.8. The molecule has 1 N–H and O–H groups in total. The van der Waals surface area contributed by atoms with E-state index in [4.69, 9.17) is 4.52 Å². The highest BCUT2D eigenvalue weighted by Crippen LogP contribution is 2.32. The molecule has 2 rings (SSSR count). The average molecular weight is 266 g/mol. The molecule has 1 heterocycles. The number of hydrogen-bond acceptors (Lipinski definition) is 4. The van der Waals surface area contributed by atoms with Crippen LogP contribution >= 0.6 is 0 Å². The van der Waals surface area contributed by atoms with Gasteiger partial charge in [-0.25, -0.2) is 0 Å². The summed E-state index contributed by atoms with van der Waals surface area (Å²) in [6.45, 7) is 4.47. The highest BCUT2D eigenvalue weighted by molar-refractivity contribution is 5.91. The Morgan fingerprint density at radius 2 is 2.32 bits per heavy atom. The van der Waals surface area contributed by atoms with Crippen LogP contribution in [0.2, 0.25) is 0 Å². The Labute approximate surface area is 113 Å². The molecule has 106 valence electrons. The molecular formula is C14H22N2O3. The Balaban J connectivity index is 1.95. The zero-order chi connectivity index (χ0) is 14.0. The standard InChI is InChI=1S/C14H22N2O3/c1-4-9(2)11-7-13(19-15-11)14(18)16(3)8-12(17)10-5-6-10/h7,9-10,12,17H,4-6,8H2,1-3H3. The van der Waals surface area contributed by atoms with E-state index < -0.39 is 6.10 Å². The van der Waals surface area contributed by atoms with Crippen molar-refractivity contribution in [2.75, 3.05) is 13.6 Å². The van der Waals surface area contributed by atoms with Gasteiger partial charge in [0.1, 0.15) is 0 Å². The Morgan fingerprint density at radius 1 is 1.63 bits per heavy atom. The molecule has 0 bridgehead atoms. The van der Waals surface area contributed by atoms with Crippen molar-refractivity contribution in [3.05, 3.63) is 17.5 Å². The second-order valence-electron chi connectivity index (χ2n) is 5.52. The first-order chi connectivity index (χ1) is 9.02. The molecule has 1 aromatic heterocycles. The van der Waals surface area contributed by atoms with Crippen LogP contribution in [0.25, 0.3) is 0 Å². The fourth-order valence-electron chi connectivity index (χ4n) is 2.01. The Bertz CT molecular complexity index is 440. The number of aromatic nitrogens is 1. The van der Waals surface area contributed by atoms with Crippen LogP contribution in [0.4, 0.5) is 0 Å². The van der Waals surface area contributed by atoms with Gasteiger partial charge in [0.15, 0.2) is 0 Å².